The molecule has 0 spiro atoms. The van der Waals surface area contributed by atoms with E-state index in [1.807, 2.05) is 6.07 Å². The van der Waals surface area contributed by atoms with Crippen LogP contribution in [-0.2, 0) is 0 Å². The molecule has 0 amide bonds. The van der Waals surface area contributed by atoms with Crippen LogP contribution in [0.2, 0.25) is 0 Å². The standard InChI is InChI=1S/C15H23NO2/c1-3-11-4-6-12(7-5-11)15(17)13-8-14(18-2)10-16-9-13/h8-12,15,17H,3-7H2,1-2H3. The summed E-state index contributed by atoms with van der Waals surface area (Å²) in [6.45, 7) is 2.26. The maximum atomic E-state index is 10.4. The van der Waals surface area contributed by atoms with E-state index in [0.717, 1.165) is 24.3 Å². The highest BCUT2D eigenvalue weighted by atomic mass is 16.5. The van der Waals surface area contributed by atoms with Gasteiger partial charge in [-0.05, 0) is 30.7 Å². The number of methoxy groups -OCH3 is 1. The molecule has 1 heterocycles. The number of aliphatic hydroxyl groups is 1. The van der Waals surface area contributed by atoms with Crippen molar-refractivity contribution < 1.29 is 9.84 Å². The van der Waals surface area contributed by atoms with Gasteiger partial charge in [0.15, 0.2) is 0 Å². The predicted molar refractivity (Wildman–Crippen MR) is 71.5 cm³/mol. The summed E-state index contributed by atoms with van der Waals surface area (Å²) < 4.78 is 5.15. The molecule has 0 saturated heterocycles. The summed E-state index contributed by atoms with van der Waals surface area (Å²) >= 11 is 0. The molecule has 1 aromatic heterocycles. The van der Waals surface area contributed by atoms with Crippen molar-refractivity contribution in [3.63, 3.8) is 0 Å². The fourth-order valence-corrected chi connectivity index (χ4v) is 2.89. The van der Waals surface area contributed by atoms with Gasteiger partial charge in [-0.2, -0.15) is 0 Å². The first kappa shape index (κ1) is 13.3. The lowest BCUT2D eigenvalue weighted by Crippen LogP contribution is -2.20. The molecule has 3 nitrogen and oxygen atoms in total. The molecule has 1 unspecified atom stereocenters. The van der Waals surface area contributed by atoms with E-state index < -0.39 is 6.10 Å². The highest BCUT2D eigenvalue weighted by Crippen LogP contribution is 2.38. The minimum absolute atomic E-state index is 0.377. The van der Waals surface area contributed by atoms with E-state index in [-0.39, 0.29) is 0 Å². The fraction of sp³-hybridized carbons (Fsp3) is 0.667. The van der Waals surface area contributed by atoms with Gasteiger partial charge in [-0.3, -0.25) is 4.98 Å². The Bertz CT molecular complexity index is 373. The highest BCUT2D eigenvalue weighted by molar-refractivity contribution is 5.25. The van der Waals surface area contributed by atoms with Gasteiger partial charge >= 0.3 is 0 Å². The van der Waals surface area contributed by atoms with Crippen molar-refractivity contribution >= 4 is 0 Å². The Morgan fingerprint density at radius 1 is 1.33 bits per heavy atom. The Kier molecular flexibility index (Phi) is 4.59. The minimum atomic E-state index is -0.398. The van der Waals surface area contributed by atoms with Crippen LogP contribution in [0, 0.1) is 11.8 Å². The second kappa shape index (κ2) is 6.19. The van der Waals surface area contributed by atoms with E-state index in [1.54, 1.807) is 19.5 Å². The lowest BCUT2D eigenvalue weighted by Gasteiger charge is -2.31. The third kappa shape index (κ3) is 3.02. The van der Waals surface area contributed by atoms with Gasteiger partial charge in [0.25, 0.3) is 0 Å². The first-order valence-electron chi connectivity index (χ1n) is 6.91. The summed E-state index contributed by atoms with van der Waals surface area (Å²) in [5.41, 5.74) is 0.884. The molecule has 100 valence electrons. The quantitative estimate of drug-likeness (QED) is 0.890. The normalized spacial score (nSPS) is 25.7. The van der Waals surface area contributed by atoms with Crippen LogP contribution in [0.15, 0.2) is 18.5 Å². The van der Waals surface area contributed by atoms with Crippen molar-refractivity contribution in [3.05, 3.63) is 24.0 Å². The van der Waals surface area contributed by atoms with Crippen LogP contribution in [0.3, 0.4) is 0 Å². The molecule has 3 heteroatoms. The third-order valence-corrected chi connectivity index (χ3v) is 4.23. The van der Waals surface area contributed by atoms with Crippen LogP contribution in [0.1, 0.15) is 50.7 Å². The van der Waals surface area contributed by atoms with Crippen molar-refractivity contribution in [3.8, 4) is 5.75 Å². The molecule has 0 bridgehead atoms. The summed E-state index contributed by atoms with van der Waals surface area (Å²) in [5, 5.41) is 10.4. The zero-order chi connectivity index (χ0) is 13.0. The van der Waals surface area contributed by atoms with E-state index >= 15 is 0 Å². The first-order chi connectivity index (χ1) is 8.74. The van der Waals surface area contributed by atoms with Crippen LogP contribution in [0.25, 0.3) is 0 Å². The molecule has 18 heavy (non-hydrogen) atoms. The Hall–Kier alpha value is -1.09. The Morgan fingerprint density at radius 2 is 2.06 bits per heavy atom. The van der Waals surface area contributed by atoms with Gasteiger partial charge in [0.2, 0.25) is 0 Å². The number of nitrogens with zero attached hydrogens (tertiary/aromatic N) is 1. The first-order valence-corrected chi connectivity index (χ1v) is 6.91. The van der Waals surface area contributed by atoms with Crippen molar-refractivity contribution in [2.24, 2.45) is 11.8 Å². The van der Waals surface area contributed by atoms with Crippen molar-refractivity contribution in [1.29, 1.82) is 0 Å². The molecule has 1 N–H and O–H groups in total. The highest BCUT2D eigenvalue weighted by Gasteiger charge is 2.26. The third-order valence-electron chi connectivity index (χ3n) is 4.23. The summed E-state index contributed by atoms with van der Waals surface area (Å²) in [5.74, 6) is 1.95. The van der Waals surface area contributed by atoms with Gasteiger partial charge in [0.1, 0.15) is 5.75 Å². The number of rotatable bonds is 4. The average molecular weight is 249 g/mol. The predicted octanol–water partition coefficient (Wildman–Crippen LogP) is 3.34. The van der Waals surface area contributed by atoms with Crippen molar-refractivity contribution in [1.82, 2.24) is 4.98 Å². The number of aromatic nitrogens is 1. The molecule has 1 aliphatic carbocycles. The average Bonchev–Trinajstić information content (AvgIpc) is 2.46. The van der Waals surface area contributed by atoms with Gasteiger partial charge < -0.3 is 9.84 Å². The Balaban J connectivity index is 2.00. The molecule has 1 atom stereocenters. The van der Waals surface area contributed by atoms with Crippen LogP contribution in [-0.4, -0.2) is 17.2 Å². The van der Waals surface area contributed by atoms with Gasteiger partial charge in [-0.15, -0.1) is 0 Å². The van der Waals surface area contributed by atoms with Gasteiger partial charge in [-0.1, -0.05) is 26.2 Å². The molecule has 0 aromatic carbocycles. The van der Waals surface area contributed by atoms with E-state index in [1.165, 1.54) is 19.3 Å². The zero-order valence-electron chi connectivity index (χ0n) is 11.3. The Morgan fingerprint density at radius 3 is 2.67 bits per heavy atom. The lowest BCUT2D eigenvalue weighted by atomic mass is 9.77. The molecular formula is C15H23NO2. The molecule has 1 aliphatic rings. The molecule has 1 saturated carbocycles. The number of hydrogen-bond donors (Lipinski definition) is 1. The van der Waals surface area contributed by atoms with E-state index in [0.29, 0.717) is 11.7 Å². The molecule has 2 rings (SSSR count). The van der Waals surface area contributed by atoms with Crippen LogP contribution in [0.4, 0.5) is 0 Å². The second-order valence-corrected chi connectivity index (χ2v) is 5.29. The van der Waals surface area contributed by atoms with E-state index in [2.05, 4.69) is 11.9 Å². The minimum Gasteiger partial charge on any atom is -0.495 e. The zero-order valence-corrected chi connectivity index (χ0v) is 11.3. The summed E-state index contributed by atoms with van der Waals surface area (Å²) in [6, 6.07) is 1.89. The molecule has 1 aromatic rings. The van der Waals surface area contributed by atoms with Crippen LogP contribution in [0.5, 0.6) is 5.75 Å². The number of aliphatic hydroxyl groups excluding tert-OH is 1. The molecular weight excluding hydrogens is 226 g/mol. The number of hydrogen-bond acceptors (Lipinski definition) is 3. The molecule has 0 aliphatic heterocycles. The fourth-order valence-electron chi connectivity index (χ4n) is 2.89. The maximum absolute atomic E-state index is 10.4. The van der Waals surface area contributed by atoms with Gasteiger partial charge in [0.05, 0.1) is 19.4 Å². The molecule has 1 fully saturated rings. The lowest BCUT2D eigenvalue weighted by molar-refractivity contribution is 0.0725. The van der Waals surface area contributed by atoms with Gasteiger partial charge in [-0.25, -0.2) is 0 Å². The summed E-state index contributed by atoms with van der Waals surface area (Å²) in [4.78, 5) is 4.12. The Labute approximate surface area is 109 Å². The molecule has 0 radical (unpaired) electrons. The monoisotopic (exact) mass is 249 g/mol. The van der Waals surface area contributed by atoms with Crippen molar-refractivity contribution in [2.45, 2.75) is 45.1 Å². The van der Waals surface area contributed by atoms with Gasteiger partial charge in [0, 0.05) is 11.8 Å². The summed E-state index contributed by atoms with van der Waals surface area (Å²) in [6.07, 6.45) is 9.02. The second-order valence-electron chi connectivity index (χ2n) is 5.29. The maximum Gasteiger partial charge on any atom is 0.137 e. The van der Waals surface area contributed by atoms with Crippen LogP contribution >= 0.6 is 0 Å². The number of pyridine rings is 1. The van der Waals surface area contributed by atoms with E-state index in [4.69, 9.17) is 4.74 Å². The van der Waals surface area contributed by atoms with Crippen molar-refractivity contribution in [2.75, 3.05) is 7.11 Å². The smallest absolute Gasteiger partial charge is 0.137 e. The number of ether oxygens (including phenoxy) is 1. The summed E-state index contributed by atoms with van der Waals surface area (Å²) in [7, 11) is 1.62. The largest absolute Gasteiger partial charge is 0.495 e. The van der Waals surface area contributed by atoms with E-state index in [9.17, 15) is 5.11 Å². The topological polar surface area (TPSA) is 42.4 Å². The SMILES string of the molecule is CCC1CCC(C(O)c2cncc(OC)c2)CC1. The van der Waals surface area contributed by atoms with Crippen LogP contribution < -0.4 is 4.74 Å².